The van der Waals surface area contributed by atoms with Crippen molar-refractivity contribution in [2.45, 2.75) is 54.4 Å². The number of carbonyl (C=O) groups is 1. The predicted octanol–water partition coefficient (Wildman–Crippen LogP) is 4.01. The van der Waals surface area contributed by atoms with Crippen molar-refractivity contribution < 1.29 is 14.3 Å². The largest absolute Gasteiger partial charge is 0.508 e. The maximum Gasteiger partial charge on any atom is 0.508 e. The fourth-order valence-electron chi connectivity index (χ4n) is 0.754. The SMILES string of the molecule is CCC(C)(C)COC(=O)OCC(C)(C)CC. The van der Waals surface area contributed by atoms with Gasteiger partial charge in [-0.1, -0.05) is 41.5 Å². The van der Waals surface area contributed by atoms with Crippen LogP contribution in [-0.2, 0) is 9.47 Å². The standard InChI is InChI=1S/C13H26O3/c1-7-12(3,4)9-15-11(14)16-10-13(5,6)8-2/h7-10H2,1-6H3. The third kappa shape index (κ3) is 6.70. The molecule has 0 aliphatic rings. The zero-order valence-corrected chi connectivity index (χ0v) is 11.6. The normalized spacial score (nSPS) is 12.4. The minimum absolute atomic E-state index is 0.0271. The lowest BCUT2D eigenvalue weighted by Crippen LogP contribution is -2.25. The van der Waals surface area contributed by atoms with E-state index in [0.717, 1.165) is 12.8 Å². The Balaban J connectivity index is 3.85. The van der Waals surface area contributed by atoms with E-state index < -0.39 is 6.16 Å². The van der Waals surface area contributed by atoms with Gasteiger partial charge >= 0.3 is 6.16 Å². The Morgan fingerprint density at radius 2 is 1.19 bits per heavy atom. The highest BCUT2D eigenvalue weighted by Crippen LogP contribution is 2.21. The molecule has 0 fully saturated rings. The number of rotatable bonds is 6. The van der Waals surface area contributed by atoms with Crippen molar-refractivity contribution in [3.05, 3.63) is 0 Å². The molecule has 0 amide bonds. The lowest BCUT2D eigenvalue weighted by molar-refractivity contribution is 0.00922. The average molecular weight is 230 g/mol. The Bertz CT molecular complexity index is 197. The van der Waals surface area contributed by atoms with Gasteiger partial charge in [0, 0.05) is 0 Å². The molecule has 0 N–H and O–H groups in total. The molecular weight excluding hydrogens is 204 g/mol. The minimum Gasteiger partial charge on any atom is -0.434 e. The molecule has 96 valence electrons. The maximum absolute atomic E-state index is 11.3. The zero-order valence-electron chi connectivity index (χ0n) is 11.6. The van der Waals surface area contributed by atoms with Crippen LogP contribution in [0.5, 0.6) is 0 Å². The van der Waals surface area contributed by atoms with E-state index >= 15 is 0 Å². The van der Waals surface area contributed by atoms with E-state index in [1.54, 1.807) is 0 Å². The summed E-state index contributed by atoms with van der Waals surface area (Å²) in [4.78, 5) is 11.3. The van der Waals surface area contributed by atoms with Gasteiger partial charge in [0.25, 0.3) is 0 Å². The summed E-state index contributed by atoms with van der Waals surface area (Å²) in [5.74, 6) is 0. The molecule has 0 aliphatic heterocycles. The lowest BCUT2D eigenvalue weighted by Gasteiger charge is -2.24. The molecule has 0 saturated heterocycles. The van der Waals surface area contributed by atoms with Crippen molar-refractivity contribution in [3.8, 4) is 0 Å². The summed E-state index contributed by atoms with van der Waals surface area (Å²) in [6.45, 7) is 13.2. The molecule has 0 aromatic heterocycles. The van der Waals surface area contributed by atoms with Crippen molar-refractivity contribution in [1.29, 1.82) is 0 Å². The highest BCUT2D eigenvalue weighted by atomic mass is 16.7. The molecule has 3 nitrogen and oxygen atoms in total. The third-order valence-corrected chi connectivity index (χ3v) is 3.08. The van der Waals surface area contributed by atoms with E-state index in [9.17, 15) is 4.79 Å². The van der Waals surface area contributed by atoms with E-state index in [2.05, 4.69) is 41.5 Å². The van der Waals surface area contributed by atoms with Crippen LogP contribution in [0.1, 0.15) is 54.4 Å². The minimum atomic E-state index is -0.553. The van der Waals surface area contributed by atoms with Crippen molar-refractivity contribution in [3.63, 3.8) is 0 Å². The average Bonchev–Trinajstić information content (AvgIpc) is 2.24. The van der Waals surface area contributed by atoms with Crippen LogP contribution in [0.25, 0.3) is 0 Å². The van der Waals surface area contributed by atoms with Crippen LogP contribution in [0.2, 0.25) is 0 Å². The van der Waals surface area contributed by atoms with Crippen LogP contribution in [0, 0.1) is 10.8 Å². The Morgan fingerprint density at radius 3 is 1.44 bits per heavy atom. The van der Waals surface area contributed by atoms with E-state index in [1.165, 1.54) is 0 Å². The van der Waals surface area contributed by atoms with E-state index in [-0.39, 0.29) is 10.8 Å². The van der Waals surface area contributed by atoms with Crippen molar-refractivity contribution in [1.82, 2.24) is 0 Å². The van der Waals surface area contributed by atoms with Crippen LogP contribution in [-0.4, -0.2) is 19.4 Å². The molecule has 0 saturated carbocycles. The molecule has 3 heteroatoms. The first-order valence-electron chi connectivity index (χ1n) is 6.02. The summed E-state index contributed by atoms with van der Waals surface area (Å²) < 4.78 is 10.2. The molecule has 0 aromatic carbocycles. The molecule has 0 aliphatic carbocycles. The summed E-state index contributed by atoms with van der Waals surface area (Å²) in [6, 6.07) is 0. The summed E-state index contributed by atoms with van der Waals surface area (Å²) >= 11 is 0. The molecule has 0 unspecified atom stereocenters. The Hall–Kier alpha value is -0.730. The summed E-state index contributed by atoms with van der Waals surface area (Å²) in [6.07, 6.45) is 1.39. The molecule has 0 bridgehead atoms. The first-order chi connectivity index (χ1) is 7.22. The van der Waals surface area contributed by atoms with Gasteiger partial charge in [-0.3, -0.25) is 0 Å². The van der Waals surface area contributed by atoms with Crippen molar-refractivity contribution >= 4 is 6.16 Å². The first kappa shape index (κ1) is 15.3. The Kier molecular flexibility index (Phi) is 5.84. The fraction of sp³-hybridized carbons (Fsp3) is 0.923. The molecule has 16 heavy (non-hydrogen) atoms. The number of ether oxygens (including phenoxy) is 2. The van der Waals surface area contributed by atoms with Crippen LogP contribution in [0.3, 0.4) is 0 Å². The topological polar surface area (TPSA) is 35.5 Å². The van der Waals surface area contributed by atoms with Crippen LogP contribution in [0.15, 0.2) is 0 Å². The van der Waals surface area contributed by atoms with Crippen LogP contribution >= 0.6 is 0 Å². The molecule has 0 atom stereocenters. The lowest BCUT2D eigenvalue weighted by atomic mass is 9.92. The van der Waals surface area contributed by atoms with Gasteiger partial charge in [0.05, 0.1) is 13.2 Å². The molecule has 0 aromatic rings. The van der Waals surface area contributed by atoms with Crippen molar-refractivity contribution in [2.24, 2.45) is 10.8 Å². The highest BCUT2D eigenvalue weighted by Gasteiger charge is 2.21. The van der Waals surface area contributed by atoms with Gasteiger partial charge < -0.3 is 9.47 Å². The van der Waals surface area contributed by atoms with E-state index in [1.807, 2.05) is 0 Å². The van der Waals surface area contributed by atoms with Crippen molar-refractivity contribution in [2.75, 3.05) is 13.2 Å². The van der Waals surface area contributed by atoms with Gasteiger partial charge in [-0.2, -0.15) is 0 Å². The molecule has 0 heterocycles. The fourth-order valence-corrected chi connectivity index (χ4v) is 0.754. The highest BCUT2D eigenvalue weighted by molar-refractivity contribution is 5.59. The predicted molar refractivity (Wildman–Crippen MR) is 65.4 cm³/mol. The maximum atomic E-state index is 11.3. The summed E-state index contributed by atoms with van der Waals surface area (Å²) in [7, 11) is 0. The van der Waals surface area contributed by atoms with Gasteiger partial charge in [0.1, 0.15) is 0 Å². The second-order valence-corrected chi connectivity index (χ2v) is 5.86. The molecule has 0 rings (SSSR count). The van der Waals surface area contributed by atoms with Gasteiger partial charge in [-0.15, -0.1) is 0 Å². The first-order valence-corrected chi connectivity index (χ1v) is 6.02. The summed E-state index contributed by atoms with van der Waals surface area (Å²) in [5.41, 5.74) is 0.0542. The Morgan fingerprint density at radius 1 is 0.875 bits per heavy atom. The van der Waals surface area contributed by atoms with Gasteiger partial charge in [0.15, 0.2) is 0 Å². The monoisotopic (exact) mass is 230 g/mol. The smallest absolute Gasteiger partial charge is 0.434 e. The number of hydrogen-bond donors (Lipinski definition) is 0. The van der Waals surface area contributed by atoms with Gasteiger partial charge in [-0.25, -0.2) is 4.79 Å². The second kappa shape index (κ2) is 6.12. The van der Waals surface area contributed by atoms with Gasteiger partial charge in [-0.05, 0) is 23.7 Å². The molecule has 0 radical (unpaired) electrons. The second-order valence-electron chi connectivity index (χ2n) is 5.86. The number of hydrogen-bond acceptors (Lipinski definition) is 3. The van der Waals surface area contributed by atoms with Gasteiger partial charge in [0.2, 0.25) is 0 Å². The summed E-state index contributed by atoms with van der Waals surface area (Å²) in [5, 5.41) is 0. The third-order valence-electron chi connectivity index (χ3n) is 3.08. The molecular formula is C13H26O3. The molecule has 0 spiro atoms. The zero-order chi connectivity index (χ0) is 12.8. The van der Waals surface area contributed by atoms with Crippen LogP contribution in [0.4, 0.5) is 4.79 Å². The van der Waals surface area contributed by atoms with Crippen LogP contribution < -0.4 is 0 Å². The van der Waals surface area contributed by atoms with E-state index in [4.69, 9.17) is 9.47 Å². The Labute approximate surface area is 99.5 Å². The number of carbonyl (C=O) groups excluding carboxylic acids is 1. The quantitative estimate of drug-likeness (QED) is 0.647. The van der Waals surface area contributed by atoms with E-state index in [0.29, 0.717) is 13.2 Å².